The van der Waals surface area contributed by atoms with Crippen molar-refractivity contribution in [2.75, 3.05) is 0 Å². The molecule has 0 spiro atoms. The van der Waals surface area contributed by atoms with Crippen LogP contribution in [0, 0.1) is 6.92 Å². The Morgan fingerprint density at radius 2 is 2.40 bits per heavy atom. The van der Waals surface area contributed by atoms with Gasteiger partial charge in [0.15, 0.2) is 9.50 Å². The number of thiazole rings is 1. The molecule has 2 heterocycles. The Morgan fingerprint density at radius 3 is 2.93 bits per heavy atom. The van der Waals surface area contributed by atoms with Crippen LogP contribution in [0.25, 0.3) is 0 Å². The van der Waals surface area contributed by atoms with Gasteiger partial charge in [0.1, 0.15) is 0 Å². The van der Waals surface area contributed by atoms with Crippen LogP contribution >= 0.6 is 23.1 Å². The van der Waals surface area contributed by atoms with Crippen LogP contribution in [0.2, 0.25) is 0 Å². The molecule has 0 amide bonds. The molecule has 0 fully saturated rings. The number of aliphatic hydroxyl groups excluding tert-OH is 1. The van der Waals surface area contributed by atoms with E-state index < -0.39 is 0 Å². The highest BCUT2D eigenvalue weighted by molar-refractivity contribution is 8.00. The number of hydrogen-bond donors (Lipinski definition) is 1. The van der Waals surface area contributed by atoms with E-state index in [0.29, 0.717) is 0 Å². The summed E-state index contributed by atoms with van der Waals surface area (Å²) < 4.78 is 2.85. The van der Waals surface area contributed by atoms with Gasteiger partial charge in [-0.25, -0.2) is 9.97 Å². The molecule has 4 nitrogen and oxygen atoms in total. The first kappa shape index (κ1) is 10.7. The number of aryl methyl sites for hydroxylation is 1. The lowest BCUT2D eigenvalue weighted by molar-refractivity contribution is 0.271. The van der Waals surface area contributed by atoms with Gasteiger partial charge in [-0.1, -0.05) is 0 Å². The van der Waals surface area contributed by atoms with Crippen molar-refractivity contribution < 1.29 is 5.11 Å². The number of hydrogen-bond acceptors (Lipinski definition) is 5. The number of rotatable bonds is 3. The number of aliphatic hydroxyl groups is 1. The Labute approximate surface area is 96.0 Å². The highest BCUT2D eigenvalue weighted by atomic mass is 32.2. The van der Waals surface area contributed by atoms with Crippen molar-refractivity contribution in [1.82, 2.24) is 14.5 Å². The summed E-state index contributed by atoms with van der Waals surface area (Å²) in [5.41, 5.74) is 1.84. The van der Waals surface area contributed by atoms with E-state index in [2.05, 4.69) is 9.97 Å². The van der Waals surface area contributed by atoms with Gasteiger partial charge in [-0.05, 0) is 18.7 Å². The molecule has 0 aromatic carbocycles. The molecule has 1 N–H and O–H groups in total. The van der Waals surface area contributed by atoms with Crippen molar-refractivity contribution in [3.63, 3.8) is 0 Å². The van der Waals surface area contributed by atoms with E-state index in [1.54, 1.807) is 17.5 Å². The summed E-state index contributed by atoms with van der Waals surface area (Å²) in [5, 5.41) is 11.9. The largest absolute Gasteiger partial charge is 0.390 e. The molecule has 2 aromatic heterocycles. The first-order valence-corrected chi connectivity index (χ1v) is 6.11. The maximum absolute atomic E-state index is 9.02. The lowest BCUT2D eigenvalue weighted by Crippen LogP contribution is -1.96. The quantitative estimate of drug-likeness (QED) is 0.890. The second-order valence-electron chi connectivity index (χ2n) is 3.11. The summed E-state index contributed by atoms with van der Waals surface area (Å²) in [6.07, 6.45) is 1.68. The first-order valence-electron chi connectivity index (χ1n) is 4.42. The summed E-state index contributed by atoms with van der Waals surface area (Å²) >= 11 is 3.13. The molecule has 80 valence electrons. The second-order valence-corrected chi connectivity index (χ2v) is 5.18. The van der Waals surface area contributed by atoms with Crippen LogP contribution in [0.1, 0.15) is 11.4 Å². The van der Waals surface area contributed by atoms with Crippen molar-refractivity contribution in [2.45, 2.75) is 23.0 Å². The molecule has 0 aliphatic carbocycles. The lowest BCUT2D eigenvalue weighted by atomic mass is 10.5. The van der Waals surface area contributed by atoms with Gasteiger partial charge in [0.2, 0.25) is 0 Å². The predicted molar refractivity (Wildman–Crippen MR) is 60.1 cm³/mol. The molecule has 0 bridgehead atoms. The van der Waals surface area contributed by atoms with E-state index in [1.165, 1.54) is 11.8 Å². The van der Waals surface area contributed by atoms with Crippen LogP contribution < -0.4 is 0 Å². The second kappa shape index (κ2) is 4.34. The minimum Gasteiger partial charge on any atom is -0.390 e. The molecule has 0 aliphatic heterocycles. The van der Waals surface area contributed by atoms with E-state index in [4.69, 9.17) is 5.11 Å². The highest BCUT2D eigenvalue weighted by Gasteiger charge is 2.09. The Morgan fingerprint density at radius 1 is 1.60 bits per heavy atom. The summed E-state index contributed by atoms with van der Waals surface area (Å²) in [5.74, 6) is 0. The number of imidazole rings is 1. The van der Waals surface area contributed by atoms with Gasteiger partial charge < -0.3 is 9.67 Å². The maximum atomic E-state index is 9.02. The average molecular weight is 241 g/mol. The topological polar surface area (TPSA) is 50.9 Å². The van der Waals surface area contributed by atoms with Gasteiger partial charge >= 0.3 is 0 Å². The normalized spacial score (nSPS) is 10.9. The van der Waals surface area contributed by atoms with Crippen LogP contribution in [0.4, 0.5) is 0 Å². The predicted octanol–water partition coefficient (Wildman–Crippen LogP) is 1.83. The Kier molecular flexibility index (Phi) is 3.08. The molecule has 0 unspecified atom stereocenters. The summed E-state index contributed by atoms with van der Waals surface area (Å²) in [6.45, 7) is 1.99. The van der Waals surface area contributed by atoms with E-state index in [1.807, 2.05) is 23.9 Å². The number of aromatic nitrogens is 3. The smallest absolute Gasteiger partial charge is 0.175 e. The fourth-order valence-corrected chi connectivity index (χ4v) is 2.91. The van der Waals surface area contributed by atoms with Gasteiger partial charge in [0.25, 0.3) is 0 Å². The van der Waals surface area contributed by atoms with Crippen LogP contribution in [0.15, 0.2) is 21.1 Å². The summed E-state index contributed by atoms with van der Waals surface area (Å²) in [6, 6.07) is 0. The van der Waals surface area contributed by atoms with E-state index in [-0.39, 0.29) is 6.61 Å². The van der Waals surface area contributed by atoms with Crippen LogP contribution in [0.5, 0.6) is 0 Å². The monoisotopic (exact) mass is 241 g/mol. The van der Waals surface area contributed by atoms with Gasteiger partial charge in [0.05, 0.1) is 18.5 Å². The van der Waals surface area contributed by atoms with Gasteiger partial charge in [0, 0.05) is 18.1 Å². The van der Waals surface area contributed by atoms with Crippen molar-refractivity contribution in [2.24, 2.45) is 7.05 Å². The van der Waals surface area contributed by atoms with Crippen molar-refractivity contribution in [3.8, 4) is 0 Å². The number of nitrogens with zero attached hydrogens (tertiary/aromatic N) is 3. The summed E-state index contributed by atoms with van der Waals surface area (Å²) in [7, 11) is 1.89. The van der Waals surface area contributed by atoms with Crippen molar-refractivity contribution in [1.29, 1.82) is 0 Å². The maximum Gasteiger partial charge on any atom is 0.175 e. The van der Waals surface area contributed by atoms with E-state index in [0.717, 1.165) is 20.9 Å². The molecule has 0 aliphatic rings. The molecular weight excluding hydrogens is 230 g/mol. The molecule has 0 radical (unpaired) electrons. The molecule has 0 saturated carbocycles. The minimum absolute atomic E-state index is 0.0148. The van der Waals surface area contributed by atoms with Crippen LogP contribution in [-0.2, 0) is 13.7 Å². The fraction of sp³-hybridized carbons (Fsp3) is 0.333. The Balaban J connectivity index is 2.21. The molecule has 6 heteroatoms. The Bertz CT molecular complexity index is 464. The van der Waals surface area contributed by atoms with Crippen LogP contribution in [-0.4, -0.2) is 19.6 Å². The summed E-state index contributed by atoms with van der Waals surface area (Å²) in [4.78, 5) is 8.57. The third-order valence-corrected chi connectivity index (χ3v) is 4.10. The molecule has 0 saturated heterocycles. The van der Waals surface area contributed by atoms with E-state index >= 15 is 0 Å². The minimum atomic E-state index is 0.0148. The molecule has 0 atom stereocenters. The van der Waals surface area contributed by atoms with Crippen molar-refractivity contribution in [3.05, 3.63) is 23.0 Å². The SMILES string of the molecule is Cc1csc(Sc2ncc(CO)n2C)n1. The van der Waals surface area contributed by atoms with Crippen LogP contribution in [0.3, 0.4) is 0 Å². The highest BCUT2D eigenvalue weighted by Crippen LogP contribution is 2.29. The molecule has 15 heavy (non-hydrogen) atoms. The standard InChI is InChI=1S/C9H11N3OS2/c1-6-5-14-9(11-6)15-8-10-3-7(4-13)12(8)2/h3,5,13H,4H2,1-2H3. The third-order valence-electron chi connectivity index (χ3n) is 1.98. The van der Waals surface area contributed by atoms with Gasteiger partial charge in [-0.15, -0.1) is 11.3 Å². The lowest BCUT2D eigenvalue weighted by Gasteiger charge is -2.00. The zero-order valence-corrected chi connectivity index (χ0v) is 10.1. The van der Waals surface area contributed by atoms with E-state index in [9.17, 15) is 0 Å². The molecular formula is C9H11N3OS2. The van der Waals surface area contributed by atoms with Gasteiger partial charge in [-0.2, -0.15) is 0 Å². The fourth-order valence-electron chi connectivity index (χ4n) is 1.12. The zero-order valence-electron chi connectivity index (χ0n) is 8.47. The third kappa shape index (κ3) is 2.22. The van der Waals surface area contributed by atoms with Gasteiger partial charge in [-0.3, -0.25) is 0 Å². The Hall–Kier alpha value is -0.850. The average Bonchev–Trinajstić information content (AvgIpc) is 2.76. The van der Waals surface area contributed by atoms with Crippen molar-refractivity contribution >= 4 is 23.1 Å². The molecule has 2 aromatic rings. The molecule has 2 rings (SSSR count). The zero-order chi connectivity index (χ0) is 10.8. The first-order chi connectivity index (χ1) is 7.20.